The van der Waals surface area contributed by atoms with Gasteiger partial charge in [0.25, 0.3) is 0 Å². The highest BCUT2D eigenvalue weighted by Gasteiger charge is 2.11. The molecule has 0 bridgehead atoms. The minimum absolute atomic E-state index is 0.250. The Labute approximate surface area is 83.5 Å². The first-order chi connectivity index (χ1) is 6.72. The molecule has 0 unspecified atom stereocenters. The average Bonchev–Trinajstić information content (AvgIpc) is 2.20. The van der Waals surface area contributed by atoms with Crippen LogP contribution in [-0.4, -0.2) is 23.6 Å². The van der Waals surface area contributed by atoms with E-state index in [4.69, 9.17) is 16.2 Å². The molecule has 1 aromatic rings. The normalized spacial score (nSPS) is 10.2. The average molecular weight is 196 g/mol. The standard InChI is InChI=1S/C9H16N4O/c1-3-7-6(4-5-10)8(14-2)13-9(11)12-7/h3-5,10H2,1-2H3,(H2,11,12,13). The molecule has 5 nitrogen and oxygen atoms in total. The van der Waals surface area contributed by atoms with Gasteiger partial charge in [-0.05, 0) is 19.4 Å². The maximum absolute atomic E-state index is 5.54. The summed E-state index contributed by atoms with van der Waals surface area (Å²) in [5.74, 6) is 0.791. The third-order valence-electron chi connectivity index (χ3n) is 1.99. The molecule has 0 aliphatic rings. The largest absolute Gasteiger partial charge is 0.481 e. The van der Waals surface area contributed by atoms with Gasteiger partial charge >= 0.3 is 0 Å². The quantitative estimate of drug-likeness (QED) is 0.714. The Morgan fingerprint density at radius 2 is 2.07 bits per heavy atom. The van der Waals surface area contributed by atoms with Crippen molar-refractivity contribution < 1.29 is 4.74 Å². The first-order valence-electron chi connectivity index (χ1n) is 4.62. The van der Waals surface area contributed by atoms with Gasteiger partial charge in [-0.1, -0.05) is 6.92 Å². The van der Waals surface area contributed by atoms with Crippen LogP contribution in [0, 0.1) is 0 Å². The number of ether oxygens (including phenoxy) is 1. The number of rotatable bonds is 4. The van der Waals surface area contributed by atoms with Crippen molar-refractivity contribution in [1.82, 2.24) is 9.97 Å². The molecular weight excluding hydrogens is 180 g/mol. The maximum Gasteiger partial charge on any atom is 0.223 e. The van der Waals surface area contributed by atoms with Crippen LogP contribution >= 0.6 is 0 Å². The van der Waals surface area contributed by atoms with Gasteiger partial charge in [0.15, 0.2) is 0 Å². The summed E-state index contributed by atoms with van der Waals surface area (Å²) in [6, 6.07) is 0. The lowest BCUT2D eigenvalue weighted by Crippen LogP contribution is -2.11. The molecule has 0 aliphatic carbocycles. The Kier molecular flexibility index (Phi) is 3.64. The lowest BCUT2D eigenvalue weighted by Gasteiger charge is -2.10. The van der Waals surface area contributed by atoms with Crippen LogP contribution in [0.3, 0.4) is 0 Å². The number of nitrogens with two attached hydrogens (primary N) is 2. The zero-order valence-electron chi connectivity index (χ0n) is 8.58. The molecule has 1 aromatic heterocycles. The second-order valence-electron chi connectivity index (χ2n) is 2.91. The van der Waals surface area contributed by atoms with Gasteiger partial charge in [-0.3, -0.25) is 0 Å². The Morgan fingerprint density at radius 1 is 1.36 bits per heavy atom. The van der Waals surface area contributed by atoms with E-state index in [0.717, 1.165) is 17.7 Å². The first-order valence-corrected chi connectivity index (χ1v) is 4.62. The van der Waals surface area contributed by atoms with Crippen molar-refractivity contribution in [3.63, 3.8) is 0 Å². The van der Waals surface area contributed by atoms with Gasteiger partial charge in [0.1, 0.15) is 0 Å². The lowest BCUT2D eigenvalue weighted by molar-refractivity contribution is 0.391. The molecule has 0 spiro atoms. The summed E-state index contributed by atoms with van der Waals surface area (Å²) in [4.78, 5) is 8.16. The van der Waals surface area contributed by atoms with Crippen LogP contribution in [0.25, 0.3) is 0 Å². The second kappa shape index (κ2) is 4.76. The minimum atomic E-state index is 0.250. The summed E-state index contributed by atoms with van der Waals surface area (Å²) in [6.07, 6.45) is 1.52. The molecular formula is C9H16N4O. The summed E-state index contributed by atoms with van der Waals surface area (Å²) >= 11 is 0. The first kappa shape index (κ1) is 10.7. The van der Waals surface area contributed by atoms with E-state index in [1.807, 2.05) is 6.92 Å². The maximum atomic E-state index is 5.54. The number of aryl methyl sites for hydroxylation is 1. The predicted octanol–water partition coefficient (Wildman–Crippen LogP) is 0.131. The summed E-state index contributed by atoms with van der Waals surface area (Å²) < 4.78 is 5.13. The van der Waals surface area contributed by atoms with Gasteiger partial charge in [-0.25, -0.2) is 4.98 Å². The molecule has 0 fully saturated rings. The molecule has 0 saturated carbocycles. The molecule has 0 saturated heterocycles. The highest BCUT2D eigenvalue weighted by atomic mass is 16.5. The molecule has 0 aromatic carbocycles. The smallest absolute Gasteiger partial charge is 0.223 e. The zero-order chi connectivity index (χ0) is 10.6. The van der Waals surface area contributed by atoms with E-state index in [2.05, 4.69) is 9.97 Å². The van der Waals surface area contributed by atoms with E-state index < -0.39 is 0 Å². The lowest BCUT2D eigenvalue weighted by atomic mass is 10.1. The Morgan fingerprint density at radius 3 is 2.57 bits per heavy atom. The predicted molar refractivity (Wildman–Crippen MR) is 55.1 cm³/mol. The number of methoxy groups -OCH3 is 1. The molecule has 1 rings (SSSR count). The number of hydrogen-bond donors (Lipinski definition) is 2. The fourth-order valence-electron chi connectivity index (χ4n) is 1.38. The van der Waals surface area contributed by atoms with Crippen molar-refractivity contribution in [2.75, 3.05) is 19.4 Å². The zero-order valence-corrected chi connectivity index (χ0v) is 8.58. The molecule has 0 amide bonds. The fourth-order valence-corrected chi connectivity index (χ4v) is 1.38. The minimum Gasteiger partial charge on any atom is -0.481 e. The van der Waals surface area contributed by atoms with Gasteiger partial charge in [-0.2, -0.15) is 4.98 Å². The van der Waals surface area contributed by atoms with E-state index in [1.54, 1.807) is 7.11 Å². The fraction of sp³-hybridized carbons (Fsp3) is 0.556. The van der Waals surface area contributed by atoms with Crippen molar-refractivity contribution in [1.29, 1.82) is 0 Å². The molecule has 0 radical (unpaired) electrons. The van der Waals surface area contributed by atoms with E-state index in [9.17, 15) is 0 Å². The van der Waals surface area contributed by atoms with Crippen LogP contribution in [-0.2, 0) is 12.8 Å². The highest BCUT2D eigenvalue weighted by Crippen LogP contribution is 2.20. The summed E-state index contributed by atoms with van der Waals surface area (Å²) in [6.45, 7) is 2.57. The van der Waals surface area contributed by atoms with Gasteiger partial charge < -0.3 is 16.2 Å². The van der Waals surface area contributed by atoms with E-state index in [0.29, 0.717) is 18.8 Å². The van der Waals surface area contributed by atoms with Crippen LogP contribution in [0.4, 0.5) is 5.95 Å². The van der Waals surface area contributed by atoms with E-state index in [1.165, 1.54) is 0 Å². The third kappa shape index (κ3) is 2.11. The Hall–Kier alpha value is -1.36. The van der Waals surface area contributed by atoms with Crippen LogP contribution < -0.4 is 16.2 Å². The van der Waals surface area contributed by atoms with Gasteiger partial charge in [0.05, 0.1) is 12.8 Å². The monoisotopic (exact) mass is 196 g/mol. The Bertz CT molecular complexity index is 289. The molecule has 78 valence electrons. The van der Waals surface area contributed by atoms with Crippen molar-refractivity contribution >= 4 is 5.95 Å². The van der Waals surface area contributed by atoms with Crippen LogP contribution in [0.1, 0.15) is 18.2 Å². The number of hydrogen-bond acceptors (Lipinski definition) is 5. The third-order valence-corrected chi connectivity index (χ3v) is 1.99. The number of nitrogens with zero attached hydrogens (tertiary/aromatic N) is 2. The molecule has 0 atom stereocenters. The highest BCUT2D eigenvalue weighted by molar-refractivity contribution is 5.36. The summed E-state index contributed by atoms with van der Waals surface area (Å²) in [5, 5.41) is 0. The number of aromatic nitrogens is 2. The molecule has 1 heterocycles. The summed E-state index contributed by atoms with van der Waals surface area (Å²) in [5.41, 5.74) is 12.9. The van der Waals surface area contributed by atoms with Crippen molar-refractivity contribution in [3.8, 4) is 5.88 Å². The van der Waals surface area contributed by atoms with Crippen molar-refractivity contribution in [3.05, 3.63) is 11.3 Å². The topological polar surface area (TPSA) is 87.0 Å². The molecule has 4 N–H and O–H groups in total. The molecule has 14 heavy (non-hydrogen) atoms. The van der Waals surface area contributed by atoms with Gasteiger partial charge in [0, 0.05) is 5.56 Å². The van der Waals surface area contributed by atoms with Crippen molar-refractivity contribution in [2.24, 2.45) is 5.73 Å². The van der Waals surface area contributed by atoms with E-state index >= 15 is 0 Å². The molecule has 5 heteroatoms. The van der Waals surface area contributed by atoms with Gasteiger partial charge in [-0.15, -0.1) is 0 Å². The van der Waals surface area contributed by atoms with Crippen LogP contribution in [0.2, 0.25) is 0 Å². The summed E-state index contributed by atoms with van der Waals surface area (Å²) in [7, 11) is 1.57. The van der Waals surface area contributed by atoms with E-state index in [-0.39, 0.29) is 5.95 Å². The van der Waals surface area contributed by atoms with Gasteiger partial charge in [0.2, 0.25) is 11.8 Å². The van der Waals surface area contributed by atoms with Crippen LogP contribution in [0.15, 0.2) is 0 Å². The molecule has 0 aliphatic heterocycles. The second-order valence-corrected chi connectivity index (χ2v) is 2.91. The van der Waals surface area contributed by atoms with Crippen molar-refractivity contribution in [2.45, 2.75) is 19.8 Å². The van der Waals surface area contributed by atoms with Crippen LogP contribution in [0.5, 0.6) is 5.88 Å². The SMILES string of the molecule is CCc1nc(N)nc(OC)c1CCN. The Balaban J connectivity index is 3.18. The number of nitrogen functional groups attached to an aromatic ring is 1. The number of anilines is 1.